The van der Waals surface area contributed by atoms with E-state index in [4.69, 9.17) is 23.2 Å². The van der Waals surface area contributed by atoms with Gasteiger partial charge in [0.25, 0.3) is 0 Å². The molecule has 1 atom stereocenters. The van der Waals surface area contributed by atoms with Crippen LogP contribution in [0.2, 0.25) is 10.0 Å². The Bertz CT molecular complexity index is 847. The largest absolute Gasteiger partial charge is 0.366 e. The fraction of sp³-hybridized carbons (Fsp3) is 0.421. The second-order valence-electron chi connectivity index (χ2n) is 6.80. The van der Waals surface area contributed by atoms with Crippen LogP contribution in [0.15, 0.2) is 24.3 Å². The maximum atomic E-state index is 12.3. The van der Waals surface area contributed by atoms with Crippen molar-refractivity contribution in [1.82, 2.24) is 14.9 Å². The molecule has 2 heterocycles. The number of amides is 2. The zero-order valence-corrected chi connectivity index (χ0v) is 17.4. The summed E-state index contributed by atoms with van der Waals surface area (Å²) in [6.07, 6.45) is 2.26. The Morgan fingerprint density at radius 2 is 2.04 bits per heavy atom. The van der Waals surface area contributed by atoms with Crippen LogP contribution in [0.1, 0.15) is 25.5 Å². The Hall–Kier alpha value is -2.09. The number of hydrogen-bond acceptors (Lipinski definition) is 5. The lowest BCUT2D eigenvalue weighted by molar-refractivity contribution is 0.226. The van der Waals surface area contributed by atoms with E-state index in [2.05, 4.69) is 37.7 Å². The van der Waals surface area contributed by atoms with Crippen LogP contribution in [-0.2, 0) is 0 Å². The topological polar surface area (TPSA) is 82.2 Å². The second-order valence-corrected chi connectivity index (χ2v) is 7.62. The summed E-state index contributed by atoms with van der Waals surface area (Å²) in [6, 6.07) is 6.63. The number of carbonyl (C=O) groups excluding carboxylic acids is 1. The molecular weight excluding hydrogens is 399 g/mol. The number of nitrogens with zero attached hydrogens (tertiary/aromatic N) is 3. The summed E-state index contributed by atoms with van der Waals surface area (Å²) < 4.78 is 0. The molecule has 150 valence electrons. The lowest BCUT2D eigenvalue weighted by atomic mass is 10.1. The molecule has 0 radical (unpaired) electrons. The number of halogens is 2. The molecule has 1 aliphatic heterocycles. The summed E-state index contributed by atoms with van der Waals surface area (Å²) in [7, 11) is 0. The van der Waals surface area contributed by atoms with Crippen LogP contribution in [0.3, 0.4) is 0 Å². The monoisotopic (exact) mass is 422 g/mol. The predicted molar refractivity (Wildman–Crippen MR) is 115 cm³/mol. The zero-order chi connectivity index (χ0) is 20.1. The number of hydrogen-bond donors (Lipinski definition) is 3. The molecule has 0 saturated carbocycles. The molecule has 28 heavy (non-hydrogen) atoms. The first-order valence-electron chi connectivity index (χ1n) is 9.30. The quantitative estimate of drug-likeness (QED) is 0.653. The van der Waals surface area contributed by atoms with E-state index in [0.717, 1.165) is 38.2 Å². The molecular formula is C19H24Cl2N6O. The number of urea groups is 1. The van der Waals surface area contributed by atoms with Gasteiger partial charge in [-0.1, -0.05) is 30.1 Å². The minimum Gasteiger partial charge on any atom is -0.366 e. The number of benzene rings is 1. The Kier molecular flexibility index (Phi) is 6.93. The van der Waals surface area contributed by atoms with Gasteiger partial charge in [0.15, 0.2) is 0 Å². The summed E-state index contributed by atoms with van der Waals surface area (Å²) in [5, 5.41) is 9.62. The van der Waals surface area contributed by atoms with Gasteiger partial charge in [-0.05, 0) is 51.1 Å². The molecule has 7 nitrogen and oxygen atoms in total. The molecule has 0 aliphatic carbocycles. The van der Waals surface area contributed by atoms with Crippen LogP contribution in [0.5, 0.6) is 0 Å². The number of nitrogens with one attached hydrogen (secondary N) is 3. The fourth-order valence-electron chi connectivity index (χ4n) is 3.21. The number of aryl methyl sites for hydroxylation is 1. The van der Waals surface area contributed by atoms with Gasteiger partial charge in [-0.25, -0.2) is 9.78 Å². The lowest BCUT2D eigenvalue weighted by Gasteiger charge is -2.32. The second kappa shape index (κ2) is 9.41. The van der Waals surface area contributed by atoms with Crippen molar-refractivity contribution >= 4 is 46.7 Å². The number of anilines is 3. The highest BCUT2D eigenvalue weighted by molar-refractivity contribution is 6.42. The predicted octanol–water partition coefficient (Wildman–Crippen LogP) is 4.63. The van der Waals surface area contributed by atoms with Crippen LogP contribution in [0, 0.1) is 6.92 Å². The average Bonchev–Trinajstić information content (AvgIpc) is 2.64. The minimum absolute atomic E-state index is 0.239. The maximum absolute atomic E-state index is 12.3. The first-order chi connectivity index (χ1) is 13.4. The third-order valence-corrected chi connectivity index (χ3v) is 5.30. The number of aromatic nitrogens is 2. The molecule has 1 saturated heterocycles. The number of likely N-dealkylation sites (N-methyl/N-ethyl adjacent to an activating group) is 1. The van der Waals surface area contributed by atoms with Gasteiger partial charge in [0.05, 0.1) is 10.0 Å². The molecule has 0 bridgehead atoms. The molecule has 1 unspecified atom stereocenters. The smallest absolute Gasteiger partial charge is 0.326 e. The van der Waals surface area contributed by atoms with Gasteiger partial charge in [-0.3, -0.25) is 5.32 Å². The molecule has 1 fully saturated rings. The van der Waals surface area contributed by atoms with E-state index in [0.29, 0.717) is 27.6 Å². The van der Waals surface area contributed by atoms with Crippen molar-refractivity contribution in [2.24, 2.45) is 0 Å². The van der Waals surface area contributed by atoms with Crippen LogP contribution < -0.4 is 16.0 Å². The summed E-state index contributed by atoms with van der Waals surface area (Å²) in [5.41, 5.74) is 1.30. The van der Waals surface area contributed by atoms with Crippen molar-refractivity contribution in [2.75, 3.05) is 35.6 Å². The van der Waals surface area contributed by atoms with E-state index in [1.165, 1.54) is 0 Å². The molecule has 1 aromatic heterocycles. The first-order valence-corrected chi connectivity index (χ1v) is 10.1. The minimum atomic E-state index is -0.454. The van der Waals surface area contributed by atoms with E-state index < -0.39 is 6.03 Å². The summed E-state index contributed by atoms with van der Waals surface area (Å²) in [5.74, 6) is 0.948. The molecule has 2 amide bonds. The Morgan fingerprint density at radius 1 is 1.21 bits per heavy atom. The van der Waals surface area contributed by atoms with Crippen molar-refractivity contribution in [3.8, 4) is 0 Å². The Morgan fingerprint density at radius 3 is 2.79 bits per heavy atom. The highest BCUT2D eigenvalue weighted by Gasteiger charge is 2.19. The van der Waals surface area contributed by atoms with Crippen molar-refractivity contribution in [1.29, 1.82) is 0 Å². The molecule has 2 aromatic rings. The summed E-state index contributed by atoms with van der Waals surface area (Å²) >= 11 is 11.9. The van der Waals surface area contributed by atoms with Gasteiger partial charge in [-0.2, -0.15) is 4.98 Å². The van der Waals surface area contributed by atoms with E-state index in [9.17, 15) is 4.79 Å². The first kappa shape index (κ1) is 20.6. The molecule has 0 spiro atoms. The molecule has 3 N–H and O–H groups in total. The van der Waals surface area contributed by atoms with Gasteiger partial charge in [0.1, 0.15) is 5.82 Å². The highest BCUT2D eigenvalue weighted by Crippen LogP contribution is 2.25. The van der Waals surface area contributed by atoms with Crippen LogP contribution >= 0.6 is 23.2 Å². The SMILES string of the molecule is CCN1CCCC(Nc2cc(C)nc(NC(=O)Nc3ccc(Cl)c(Cl)c3)n2)C1. The highest BCUT2D eigenvalue weighted by atomic mass is 35.5. The van der Waals surface area contributed by atoms with Gasteiger partial charge in [0, 0.05) is 30.0 Å². The van der Waals surface area contributed by atoms with Crippen molar-refractivity contribution in [2.45, 2.75) is 32.7 Å². The standard InChI is InChI=1S/C19H24Cl2N6O/c1-3-27-8-4-5-14(11-27)23-17-9-12(2)22-18(25-17)26-19(28)24-13-6-7-15(20)16(21)10-13/h6-7,9-10,14H,3-5,8,11H2,1-2H3,(H3,22,23,24,25,26,28). The normalized spacial score (nSPS) is 17.2. The third kappa shape index (κ3) is 5.70. The van der Waals surface area contributed by atoms with Crippen LogP contribution in [0.25, 0.3) is 0 Å². The Labute approximate surface area is 174 Å². The van der Waals surface area contributed by atoms with E-state index >= 15 is 0 Å². The zero-order valence-electron chi connectivity index (χ0n) is 15.9. The van der Waals surface area contributed by atoms with Crippen molar-refractivity contribution in [3.05, 3.63) is 40.0 Å². The number of piperidine rings is 1. The van der Waals surface area contributed by atoms with Crippen LogP contribution in [0.4, 0.5) is 22.2 Å². The van der Waals surface area contributed by atoms with E-state index in [1.807, 2.05) is 13.0 Å². The van der Waals surface area contributed by atoms with E-state index in [-0.39, 0.29) is 5.95 Å². The summed E-state index contributed by atoms with van der Waals surface area (Å²) in [4.78, 5) is 23.4. The van der Waals surface area contributed by atoms with Crippen molar-refractivity contribution < 1.29 is 4.79 Å². The number of carbonyl (C=O) groups is 1. The maximum Gasteiger partial charge on any atom is 0.326 e. The molecule has 9 heteroatoms. The molecule has 3 rings (SSSR count). The lowest BCUT2D eigenvalue weighted by Crippen LogP contribution is -2.42. The van der Waals surface area contributed by atoms with Gasteiger partial charge < -0.3 is 15.5 Å². The average molecular weight is 423 g/mol. The molecule has 1 aromatic carbocycles. The number of likely N-dealkylation sites (tertiary alicyclic amines) is 1. The number of rotatable bonds is 5. The Balaban J connectivity index is 1.63. The van der Waals surface area contributed by atoms with Gasteiger partial charge in [-0.15, -0.1) is 0 Å². The molecule has 1 aliphatic rings. The third-order valence-electron chi connectivity index (χ3n) is 4.56. The van der Waals surface area contributed by atoms with Crippen molar-refractivity contribution in [3.63, 3.8) is 0 Å². The van der Waals surface area contributed by atoms with Crippen LogP contribution in [-0.4, -0.2) is 46.6 Å². The van der Waals surface area contributed by atoms with Gasteiger partial charge >= 0.3 is 6.03 Å². The van der Waals surface area contributed by atoms with Gasteiger partial charge in [0.2, 0.25) is 5.95 Å². The summed E-state index contributed by atoms with van der Waals surface area (Å²) in [6.45, 7) is 7.21. The van der Waals surface area contributed by atoms with E-state index in [1.54, 1.807) is 18.2 Å². The fourth-order valence-corrected chi connectivity index (χ4v) is 3.50.